The lowest BCUT2D eigenvalue weighted by Gasteiger charge is -2.21. The molecule has 0 radical (unpaired) electrons. The molecule has 0 aromatic heterocycles. The Balaban J connectivity index is 2.03. The summed E-state index contributed by atoms with van der Waals surface area (Å²) in [4.78, 5) is 22.7. The molecular formula is C18H19FN2O4. The summed E-state index contributed by atoms with van der Waals surface area (Å²) in [6, 6.07) is 9.35. The maximum absolute atomic E-state index is 12.9. The zero-order valence-electron chi connectivity index (χ0n) is 13.9. The van der Waals surface area contributed by atoms with E-state index in [4.69, 9.17) is 0 Å². The molecule has 0 heterocycles. The Morgan fingerprint density at radius 1 is 1.28 bits per heavy atom. The Morgan fingerprint density at radius 2 is 1.92 bits per heavy atom. The molecule has 0 spiro atoms. The minimum absolute atomic E-state index is 0.0337. The first-order valence-corrected chi connectivity index (χ1v) is 7.75. The molecule has 2 N–H and O–H groups in total. The smallest absolute Gasteiger partial charge is 0.272 e. The molecule has 2 atom stereocenters. The van der Waals surface area contributed by atoms with Crippen LogP contribution in [-0.4, -0.2) is 22.0 Å². The number of carbonyl (C=O) groups excluding carboxylic acids is 1. The van der Waals surface area contributed by atoms with E-state index in [-0.39, 0.29) is 18.0 Å². The lowest BCUT2D eigenvalue weighted by atomic mass is 10.0. The van der Waals surface area contributed by atoms with Crippen LogP contribution in [0.25, 0.3) is 0 Å². The summed E-state index contributed by atoms with van der Waals surface area (Å²) in [6.07, 6.45) is -1.02. The summed E-state index contributed by atoms with van der Waals surface area (Å²) in [7, 11) is 0. The highest BCUT2D eigenvalue weighted by Crippen LogP contribution is 2.22. The predicted molar refractivity (Wildman–Crippen MR) is 90.5 cm³/mol. The first kappa shape index (κ1) is 18.5. The fourth-order valence-electron chi connectivity index (χ4n) is 2.56. The first-order chi connectivity index (χ1) is 11.8. The van der Waals surface area contributed by atoms with Crippen molar-refractivity contribution < 1.29 is 19.2 Å². The highest BCUT2D eigenvalue weighted by Gasteiger charge is 2.20. The lowest BCUT2D eigenvalue weighted by molar-refractivity contribution is -0.385. The van der Waals surface area contributed by atoms with E-state index in [1.54, 1.807) is 19.9 Å². The molecule has 0 saturated heterocycles. The van der Waals surface area contributed by atoms with Crippen LogP contribution < -0.4 is 5.32 Å². The first-order valence-electron chi connectivity index (χ1n) is 7.75. The maximum Gasteiger partial charge on any atom is 0.272 e. The van der Waals surface area contributed by atoms with Crippen molar-refractivity contribution in [3.05, 3.63) is 75.1 Å². The van der Waals surface area contributed by atoms with Crippen LogP contribution in [0.5, 0.6) is 0 Å². The van der Waals surface area contributed by atoms with Gasteiger partial charge in [0.1, 0.15) is 5.82 Å². The average Bonchev–Trinajstić information content (AvgIpc) is 2.56. The predicted octanol–water partition coefficient (Wildman–Crippen LogP) is 2.82. The van der Waals surface area contributed by atoms with E-state index in [9.17, 15) is 24.4 Å². The third-order valence-corrected chi connectivity index (χ3v) is 4.04. The number of nitrogens with one attached hydrogen (secondary N) is 1. The quantitative estimate of drug-likeness (QED) is 0.621. The number of nitro benzene ring substituents is 1. The van der Waals surface area contributed by atoms with Crippen molar-refractivity contribution in [3.8, 4) is 0 Å². The van der Waals surface area contributed by atoms with Crippen molar-refractivity contribution in [2.24, 2.45) is 0 Å². The van der Waals surface area contributed by atoms with Crippen LogP contribution in [-0.2, 0) is 11.2 Å². The van der Waals surface area contributed by atoms with Gasteiger partial charge >= 0.3 is 0 Å². The number of aliphatic hydroxyl groups excluding tert-OH is 1. The Hall–Kier alpha value is -2.80. The van der Waals surface area contributed by atoms with E-state index < -0.39 is 22.9 Å². The van der Waals surface area contributed by atoms with Crippen LogP contribution in [0.2, 0.25) is 0 Å². The van der Waals surface area contributed by atoms with Gasteiger partial charge in [-0.05, 0) is 37.1 Å². The van der Waals surface area contributed by atoms with Crippen LogP contribution >= 0.6 is 0 Å². The molecule has 0 aliphatic heterocycles. The second-order valence-corrected chi connectivity index (χ2v) is 5.85. The van der Waals surface area contributed by atoms with Crippen molar-refractivity contribution in [1.82, 2.24) is 5.32 Å². The summed E-state index contributed by atoms with van der Waals surface area (Å²) in [5.74, 6) is -0.772. The number of nitro groups is 1. The largest absolute Gasteiger partial charge is 0.386 e. The number of hydrogen-bond donors (Lipinski definition) is 2. The highest BCUT2D eigenvalue weighted by atomic mass is 19.1. The molecular weight excluding hydrogens is 327 g/mol. The Labute approximate surface area is 144 Å². The molecule has 0 aliphatic carbocycles. The van der Waals surface area contributed by atoms with E-state index in [0.717, 1.165) is 0 Å². The summed E-state index contributed by atoms with van der Waals surface area (Å²) in [5, 5.41) is 23.9. The molecule has 2 aromatic carbocycles. The number of benzene rings is 2. The van der Waals surface area contributed by atoms with Crippen molar-refractivity contribution in [3.63, 3.8) is 0 Å². The average molecular weight is 346 g/mol. The summed E-state index contributed by atoms with van der Waals surface area (Å²) in [5.41, 5.74) is 1.44. The minimum atomic E-state index is -0.990. The summed E-state index contributed by atoms with van der Waals surface area (Å²) < 4.78 is 12.9. The fourth-order valence-corrected chi connectivity index (χ4v) is 2.56. The van der Waals surface area contributed by atoms with Gasteiger partial charge in [-0.15, -0.1) is 0 Å². The summed E-state index contributed by atoms with van der Waals surface area (Å²) in [6.45, 7) is 3.23. The van der Waals surface area contributed by atoms with Crippen LogP contribution in [0.15, 0.2) is 42.5 Å². The molecule has 1 amide bonds. The molecule has 2 rings (SSSR count). The van der Waals surface area contributed by atoms with Crippen LogP contribution in [0.1, 0.15) is 29.7 Å². The Morgan fingerprint density at radius 3 is 2.52 bits per heavy atom. The van der Waals surface area contributed by atoms with Gasteiger partial charge in [-0.3, -0.25) is 14.9 Å². The van der Waals surface area contributed by atoms with E-state index in [0.29, 0.717) is 16.7 Å². The van der Waals surface area contributed by atoms with Gasteiger partial charge in [-0.2, -0.15) is 0 Å². The summed E-state index contributed by atoms with van der Waals surface area (Å²) >= 11 is 0. The van der Waals surface area contributed by atoms with Gasteiger partial charge in [0.05, 0.1) is 23.5 Å². The van der Waals surface area contributed by atoms with Gasteiger partial charge in [-0.1, -0.05) is 24.3 Å². The molecule has 0 fully saturated rings. The lowest BCUT2D eigenvalue weighted by Crippen LogP contribution is -2.38. The van der Waals surface area contributed by atoms with Crippen molar-refractivity contribution in [1.29, 1.82) is 0 Å². The zero-order valence-corrected chi connectivity index (χ0v) is 13.9. The fraction of sp³-hybridized carbons (Fsp3) is 0.278. The normalized spacial score (nSPS) is 13.1. The molecule has 0 bridgehead atoms. The monoisotopic (exact) mass is 346 g/mol. The SMILES string of the molecule is Cc1c(CC(=O)NC(C)C(O)c2ccc(F)cc2)cccc1[N+](=O)[O-]. The van der Waals surface area contributed by atoms with E-state index in [2.05, 4.69) is 5.32 Å². The molecule has 2 aromatic rings. The van der Waals surface area contributed by atoms with Crippen molar-refractivity contribution in [2.75, 3.05) is 0 Å². The van der Waals surface area contributed by atoms with Gasteiger partial charge < -0.3 is 10.4 Å². The number of halogens is 1. The number of carbonyl (C=O) groups is 1. The third kappa shape index (κ3) is 4.60. The highest BCUT2D eigenvalue weighted by molar-refractivity contribution is 5.79. The minimum Gasteiger partial charge on any atom is -0.386 e. The number of nitrogens with zero attached hydrogens (tertiary/aromatic N) is 1. The maximum atomic E-state index is 12.9. The zero-order chi connectivity index (χ0) is 18.6. The number of aliphatic hydroxyl groups is 1. The van der Waals surface area contributed by atoms with E-state index in [1.165, 1.54) is 36.4 Å². The molecule has 0 aliphatic rings. The third-order valence-electron chi connectivity index (χ3n) is 4.04. The van der Waals surface area contributed by atoms with Crippen LogP contribution in [0, 0.1) is 22.9 Å². The van der Waals surface area contributed by atoms with Crippen LogP contribution in [0.4, 0.5) is 10.1 Å². The standard InChI is InChI=1S/C18H19FN2O4/c1-11-14(4-3-5-16(11)21(24)25)10-17(22)20-12(2)18(23)13-6-8-15(19)9-7-13/h3-9,12,18,23H,10H2,1-2H3,(H,20,22). The number of hydrogen-bond acceptors (Lipinski definition) is 4. The molecule has 25 heavy (non-hydrogen) atoms. The Bertz CT molecular complexity index is 777. The van der Waals surface area contributed by atoms with Crippen molar-refractivity contribution in [2.45, 2.75) is 32.4 Å². The van der Waals surface area contributed by atoms with E-state index in [1.807, 2.05) is 0 Å². The number of rotatable bonds is 6. The second kappa shape index (κ2) is 7.85. The van der Waals surface area contributed by atoms with Gasteiger partial charge in [0, 0.05) is 11.6 Å². The van der Waals surface area contributed by atoms with E-state index >= 15 is 0 Å². The second-order valence-electron chi connectivity index (χ2n) is 5.85. The molecule has 6 nitrogen and oxygen atoms in total. The van der Waals surface area contributed by atoms with Gasteiger partial charge in [0.25, 0.3) is 5.69 Å². The van der Waals surface area contributed by atoms with Crippen molar-refractivity contribution >= 4 is 11.6 Å². The molecule has 2 unspecified atom stereocenters. The Kier molecular flexibility index (Phi) is 5.82. The molecule has 7 heteroatoms. The molecule has 0 saturated carbocycles. The molecule has 132 valence electrons. The van der Waals surface area contributed by atoms with Crippen LogP contribution in [0.3, 0.4) is 0 Å². The van der Waals surface area contributed by atoms with Gasteiger partial charge in [-0.25, -0.2) is 4.39 Å². The topological polar surface area (TPSA) is 92.5 Å². The van der Waals surface area contributed by atoms with Gasteiger partial charge in [0.15, 0.2) is 0 Å². The van der Waals surface area contributed by atoms with Gasteiger partial charge in [0.2, 0.25) is 5.91 Å². The number of amides is 1.